The maximum atomic E-state index is 12.1. The van der Waals surface area contributed by atoms with Gasteiger partial charge < -0.3 is 15.2 Å². The standard InChI is InChI=1S/C18H29NO4/c1-5-6-7-8-12-13-9-11(13)10-14(12)23-17(22)19-15(16(20)21)18(2,3)4/h5,11-15H,1,6-10H2,2-4H3,(H,19,22)(H,20,21)/t11-,12+,13-,14+,15-/m1/s1. The molecule has 0 heterocycles. The quantitative estimate of drug-likeness (QED) is 0.554. The molecule has 5 atom stereocenters. The second-order valence-electron chi connectivity index (χ2n) is 8.00. The second-order valence-corrected chi connectivity index (χ2v) is 8.00. The van der Waals surface area contributed by atoms with E-state index in [4.69, 9.17) is 4.74 Å². The number of nitrogens with one attached hydrogen (secondary N) is 1. The lowest BCUT2D eigenvalue weighted by Gasteiger charge is -2.29. The lowest BCUT2D eigenvalue weighted by molar-refractivity contribution is -0.142. The van der Waals surface area contributed by atoms with Crippen molar-refractivity contribution in [2.75, 3.05) is 0 Å². The summed E-state index contributed by atoms with van der Waals surface area (Å²) in [4.78, 5) is 23.5. The van der Waals surface area contributed by atoms with Gasteiger partial charge in [-0.1, -0.05) is 26.8 Å². The van der Waals surface area contributed by atoms with E-state index >= 15 is 0 Å². The molecule has 2 saturated carbocycles. The van der Waals surface area contributed by atoms with Crippen LogP contribution >= 0.6 is 0 Å². The summed E-state index contributed by atoms with van der Waals surface area (Å²) in [7, 11) is 0. The van der Waals surface area contributed by atoms with Gasteiger partial charge in [0.1, 0.15) is 12.1 Å². The Bertz CT molecular complexity index is 468. The first-order valence-electron chi connectivity index (χ1n) is 8.55. The van der Waals surface area contributed by atoms with Crippen molar-refractivity contribution >= 4 is 12.1 Å². The highest BCUT2D eigenvalue weighted by atomic mass is 16.6. The maximum absolute atomic E-state index is 12.1. The Morgan fingerprint density at radius 2 is 2.09 bits per heavy atom. The van der Waals surface area contributed by atoms with Crippen molar-refractivity contribution in [1.82, 2.24) is 5.32 Å². The van der Waals surface area contributed by atoms with E-state index in [9.17, 15) is 14.7 Å². The van der Waals surface area contributed by atoms with Gasteiger partial charge in [-0.05, 0) is 55.3 Å². The summed E-state index contributed by atoms with van der Waals surface area (Å²) < 4.78 is 5.59. The largest absolute Gasteiger partial charge is 0.480 e. The van der Waals surface area contributed by atoms with Crippen molar-refractivity contribution in [1.29, 1.82) is 0 Å². The number of alkyl carbamates (subject to hydrolysis) is 1. The molecular formula is C18H29NO4. The van der Waals surface area contributed by atoms with Gasteiger partial charge in [0, 0.05) is 0 Å². The molecule has 0 radical (unpaired) electrons. The van der Waals surface area contributed by atoms with Crippen LogP contribution in [0, 0.1) is 23.2 Å². The van der Waals surface area contributed by atoms with Gasteiger partial charge >= 0.3 is 12.1 Å². The number of rotatable bonds is 7. The van der Waals surface area contributed by atoms with Crippen molar-refractivity contribution in [2.45, 2.75) is 65.0 Å². The van der Waals surface area contributed by atoms with Crippen LogP contribution in [0.3, 0.4) is 0 Å². The Morgan fingerprint density at radius 1 is 1.39 bits per heavy atom. The molecule has 0 spiro atoms. The van der Waals surface area contributed by atoms with Crippen LogP contribution in [-0.4, -0.2) is 29.3 Å². The van der Waals surface area contributed by atoms with Crippen molar-refractivity contribution in [3.05, 3.63) is 12.7 Å². The molecule has 2 N–H and O–H groups in total. The van der Waals surface area contributed by atoms with Gasteiger partial charge in [-0.25, -0.2) is 9.59 Å². The molecule has 130 valence electrons. The zero-order valence-electron chi connectivity index (χ0n) is 14.4. The third-order valence-corrected chi connectivity index (χ3v) is 5.12. The Labute approximate surface area is 138 Å². The summed E-state index contributed by atoms with van der Waals surface area (Å²) >= 11 is 0. The number of carbonyl (C=O) groups is 2. The van der Waals surface area contributed by atoms with Crippen LogP contribution in [0.1, 0.15) is 52.9 Å². The fourth-order valence-corrected chi connectivity index (χ4v) is 3.79. The predicted molar refractivity (Wildman–Crippen MR) is 88.0 cm³/mol. The number of hydrogen-bond acceptors (Lipinski definition) is 3. The van der Waals surface area contributed by atoms with Crippen LogP contribution in [0.5, 0.6) is 0 Å². The predicted octanol–water partition coefficient (Wildman–Crippen LogP) is 3.59. The van der Waals surface area contributed by atoms with Crippen molar-refractivity contribution < 1.29 is 19.4 Å². The van der Waals surface area contributed by atoms with Gasteiger partial charge in [-0.2, -0.15) is 0 Å². The summed E-state index contributed by atoms with van der Waals surface area (Å²) in [5.74, 6) is 0.768. The Morgan fingerprint density at radius 3 is 2.65 bits per heavy atom. The average Bonchev–Trinajstić information content (AvgIpc) is 3.11. The summed E-state index contributed by atoms with van der Waals surface area (Å²) in [6.07, 6.45) is 6.51. The van der Waals surface area contributed by atoms with E-state index in [1.54, 1.807) is 20.8 Å². The van der Waals surface area contributed by atoms with E-state index in [0.717, 1.165) is 25.7 Å². The van der Waals surface area contributed by atoms with Crippen LogP contribution in [0.25, 0.3) is 0 Å². The summed E-state index contributed by atoms with van der Waals surface area (Å²) in [6, 6.07) is -0.954. The zero-order chi connectivity index (χ0) is 17.2. The Hall–Kier alpha value is -1.52. The molecule has 0 bridgehead atoms. The van der Waals surface area contributed by atoms with E-state index in [1.807, 2.05) is 6.08 Å². The molecule has 0 aromatic carbocycles. The van der Waals surface area contributed by atoms with Crippen LogP contribution < -0.4 is 5.32 Å². The van der Waals surface area contributed by atoms with E-state index in [2.05, 4.69) is 11.9 Å². The van der Waals surface area contributed by atoms with E-state index in [-0.39, 0.29) is 6.10 Å². The fraction of sp³-hybridized carbons (Fsp3) is 0.778. The molecule has 2 fully saturated rings. The molecule has 0 unspecified atom stereocenters. The normalized spacial score (nSPS) is 30.2. The van der Waals surface area contributed by atoms with Gasteiger partial charge in [-0.15, -0.1) is 6.58 Å². The molecule has 0 aromatic heterocycles. The smallest absolute Gasteiger partial charge is 0.408 e. The monoisotopic (exact) mass is 323 g/mol. The van der Waals surface area contributed by atoms with Gasteiger partial charge in [0.2, 0.25) is 0 Å². The van der Waals surface area contributed by atoms with Gasteiger partial charge in [0.25, 0.3) is 0 Å². The molecule has 2 aliphatic rings. The zero-order valence-corrected chi connectivity index (χ0v) is 14.4. The Kier molecular flexibility index (Phi) is 5.37. The molecule has 2 rings (SSSR count). The number of unbranched alkanes of at least 4 members (excludes halogenated alkanes) is 1. The summed E-state index contributed by atoms with van der Waals surface area (Å²) in [5.41, 5.74) is -0.563. The molecule has 0 saturated heterocycles. The van der Waals surface area contributed by atoms with Crippen LogP contribution in [-0.2, 0) is 9.53 Å². The first-order chi connectivity index (χ1) is 10.7. The van der Waals surface area contributed by atoms with Gasteiger partial charge in [0.05, 0.1) is 0 Å². The highest BCUT2D eigenvalue weighted by Crippen LogP contribution is 2.57. The van der Waals surface area contributed by atoms with Gasteiger partial charge in [-0.3, -0.25) is 0 Å². The second kappa shape index (κ2) is 6.93. The SMILES string of the molecule is C=CCCC[C@H]1[C@@H]2C[C@@H]2C[C@@H]1OC(=O)N[C@H](C(=O)O)C(C)(C)C. The lowest BCUT2D eigenvalue weighted by atomic mass is 9.87. The number of carbonyl (C=O) groups excluding carboxylic acids is 1. The van der Waals surface area contributed by atoms with Crippen molar-refractivity contribution in [2.24, 2.45) is 23.2 Å². The number of carboxylic acid groups (broad SMARTS) is 1. The molecule has 1 amide bonds. The molecule has 0 aromatic rings. The van der Waals surface area contributed by atoms with Crippen LogP contribution in [0.2, 0.25) is 0 Å². The number of allylic oxidation sites excluding steroid dienone is 1. The third kappa shape index (κ3) is 4.49. The number of carboxylic acids is 1. The van der Waals surface area contributed by atoms with E-state index < -0.39 is 23.5 Å². The van der Waals surface area contributed by atoms with Gasteiger partial charge in [0.15, 0.2) is 0 Å². The van der Waals surface area contributed by atoms with E-state index in [1.165, 1.54) is 6.42 Å². The molecule has 23 heavy (non-hydrogen) atoms. The summed E-state index contributed by atoms with van der Waals surface area (Å²) in [5, 5.41) is 11.8. The molecular weight excluding hydrogens is 294 g/mol. The highest BCUT2D eigenvalue weighted by Gasteiger charge is 2.54. The van der Waals surface area contributed by atoms with Crippen LogP contribution in [0.15, 0.2) is 12.7 Å². The molecule has 5 nitrogen and oxygen atoms in total. The molecule has 5 heteroatoms. The fourth-order valence-electron chi connectivity index (χ4n) is 3.79. The number of fused-ring (bicyclic) bond motifs is 1. The van der Waals surface area contributed by atoms with Crippen molar-refractivity contribution in [3.63, 3.8) is 0 Å². The first-order valence-corrected chi connectivity index (χ1v) is 8.55. The van der Waals surface area contributed by atoms with Crippen molar-refractivity contribution in [3.8, 4) is 0 Å². The number of amides is 1. The first kappa shape index (κ1) is 17.8. The number of hydrogen-bond donors (Lipinski definition) is 2. The minimum absolute atomic E-state index is 0.0713. The maximum Gasteiger partial charge on any atom is 0.408 e. The molecule has 0 aliphatic heterocycles. The lowest BCUT2D eigenvalue weighted by Crippen LogP contribution is -2.50. The third-order valence-electron chi connectivity index (χ3n) is 5.12. The van der Waals surface area contributed by atoms with Crippen LogP contribution in [0.4, 0.5) is 4.79 Å². The topological polar surface area (TPSA) is 75.6 Å². The summed E-state index contributed by atoms with van der Waals surface area (Å²) in [6.45, 7) is 9.10. The number of ether oxygens (including phenoxy) is 1. The minimum atomic E-state index is -1.04. The average molecular weight is 323 g/mol. The Balaban J connectivity index is 1.88. The van der Waals surface area contributed by atoms with E-state index in [0.29, 0.717) is 17.8 Å². The highest BCUT2D eigenvalue weighted by molar-refractivity contribution is 5.80. The minimum Gasteiger partial charge on any atom is -0.480 e. The molecule has 2 aliphatic carbocycles. The number of aliphatic carboxylic acids is 1.